The summed E-state index contributed by atoms with van der Waals surface area (Å²) in [4.78, 5) is 9.63. The van der Waals surface area contributed by atoms with Crippen LogP contribution < -0.4 is 5.32 Å². The summed E-state index contributed by atoms with van der Waals surface area (Å²) in [5.41, 5.74) is 0. The lowest BCUT2D eigenvalue weighted by Gasteiger charge is -2.03. The van der Waals surface area contributed by atoms with Gasteiger partial charge < -0.3 is 10.4 Å². The number of hydrogen-bond donors (Lipinski definition) is 2. The molecule has 0 spiro atoms. The zero-order valence-electron chi connectivity index (χ0n) is 4.92. The molecule has 0 heterocycles. The van der Waals surface area contributed by atoms with Crippen LogP contribution in [0.2, 0.25) is 0 Å². The van der Waals surface area contributed by atoms with Gasteiger partial charge in [-0.3, -0.25) is 4.79 Å². The van der Waals surface area contributed by atoms with Gasteiger partial charge in [-0.15, -0.1) is 0 Å². The fraction of sp³-hybridized carbons (Fsp3) is 0.800. The minimum absolute atomic E-state index is 0.126. The molecule has 0 fully saturated rings. The van der Waals surface area contributed by atoms with Crippen LogP contribution in [0.3, 0.4) is 0 Å². The van der Waals surface area contributed by atoms with Crippen molar-refractivity contribution in [3.63, 3.8) is 0 Å². The van der Waals surface area contributed by atoms with Gasteiger partial charge >= 0.3 is 0 Å². The lowest BCUT2D eigenvalue weighted by Crippen LogP contribution is -2.21. The predicted octanol–water partition coefficient (Wildman–Crippen LogP) is -0.639. The molecule has 0 aliphatic carbocycles. The van der Waals surface area contributed by atoms with Gasteiger partial charge in [0.25, 0.3) is 0 Å². The van der Waals surface area contributed by atoms with Crippen molar-refractivity contribution in [3.8, 4) is 0 Å². The van der Waals surface area contributed by atoms with Crippen LogP contribution in [0.5, 0.6) is 0 Å². The molecule has 0 aromatic carbocycles. The molecule has 0 unspecified atom stereocenters. The second-order valence-electron chi connectivity index (χ2n) is 1.81. The van der Waals surface area contributed by atoms with E-state index in [-0.39, 0.29) is 12.5 Å². The minimum Gasteiger partial charge on any atom is -0.396 e. The molecule has 0 aliphatic rings. The third-order valence-corrected chi connectivity index (χ3v) is 0.861. The largest absolute Gasteiger partial charge is 0.396 e. The van der Waals surface area contributed by atoms with Crippen molar-refractivity contribution >= 4 is 6.41 Å². The van der Waals surface area contributed by atoms with Crippen molar-refractivity contribution in [3.05, 3.63) is 0 Å². The highest BCUT2D eigenvalue weighted by atomic mass is 16.3. The first-order valence-corrected chi connectivity index (χ1v) is 2.59. The molecule has 0 aromatic heterocycles. The van der Waals surface area contributed by atoms with E-state index >= 15 is 0 Å². The van der Waals surface area contributed by atoms with Crippen LogP contribution in [0, 0.1) is 5.92 Å². The molecule has 0 rings (SSSR count). The third-order valence-electron chi connectivity index (χ3n) is 0.861. The number of carbonyl (C=O) groups is 1. The highest BCUT2D eigenvalue weighted by molar-refractivity contribution is 5.45. The van der Waals surface area contributed by atoms with Crippen molar-refractivity contribution in [1.82, 2.24) is 5.32 Å². The fourth-order valence-corrected chi connectivity index (χ4v) is 0.314. The van der Waals surface area contributed by atoms with E-state index in [1.165, 1.54) is 0 Å². The first-order chi connectivity index (χ1) is 3.81. The molecule has 1 amide bonds. The van der Waals surface area contributed by atoms with Crippen LogP contribution >= 0.6 is 0 Å². The smallest absolute Gasteiger partial charge is 0.207 e. The van der Waals surface area contributed by atoms with Crippen LogP contribution in [0.1, 0.15) is 6.92 Å². The Morgan fingerprint density at radius 3 is 2.88 bits per heavy atom. The number of aliphatic hydroxyl groups excluding tert-OH is 1. The van der Waals surface area contributed by atoms with E-state index in [0.29, 0.717) is 13.0 Å². The van der Waals surface area contributed by atoms with Crippen LogP contribution in [0.25, 0.3) is 0 Å². The van der Waals surface area contributed by atoms with E-state index in [0.717, 1.165) is 0 Å². The molecule has 3 nitrogen and oxygen atoms in total. The molecule has 0 aliphatic heterocycles. The van der Waals surface area contributed by atoms with Crippen LogP contribution in [0.15, 0.2) is 0 Å². The van der Waals surface area contributed by atoms with E-state index in [1.807, 2.05) is 6.92 Å². The van der Waals surface area contributed by atoms with E-state index in [1.54, 1.807) is 0 Å². The minimum atomic E-state index is 0.126. The molecule has 1 atom stereocenters. The monoisotopic (exact) mass is 117 g/mol. The van der Waals surface area contributed by atoms with Gasteiger partial charge in [0.15, 0.2) is 0 Å². The van der Waals surface area contributed by atoms with Crippen molar-refractivity contribution in [1.29, 1.82) is 0 Å². The second kappa shape index (κ2) is 4.59. The van der Waals surface area contributed by atoms with Gasteiger partial charge in [0.2, 0.25) is 6.41 Å². The van der Waals surface area contributed by atoms with Gasteiger partial charge in [-0.1, -0.05) is 6.92 Å². The molecule has 0 aromatic rings. The summed E-state index contributed by atoms with van der Waals surface area (Å²) >= 11 is 0. The summed E-state index contributed by atoms with van der Waals surface area (Å²) in [5, 5.41) is 10.9. The van der Waals surface area contributed by atoms with Gasteiger partial charge in [-0.2, -0.15) is 0 Å². The van der Waals surface area contributed by atoms with Crippen molar-refractivity contribution in [2.75, 3.05) is 13.2 Å². The molecule has 0 radical (unpaired) electrons. The molecule has 2 N–H and O–H groups in total. The topological polar surface area (TPSA) is 49.3 Å². The highest BCUT2D eigenvalue weighted by Crippen LogP contribution is 1.86. The highest BCUT2D eigenvalue weighted by Gasteiger charge is 1.95. The summed E-state index contributed by atoms with van der Waals surface area (Å²) in [6, 6.07) is 0. The Balaban J connectivity index is 2.97. The number of hydrogen-bond acceptors (Lipinski definition) is 2. The number of amides is 1. The molecule has 0 saturated carbocycles. The Morgan fingerprint density at radius 1 is 1.88 bits per heavy atom. The van der Waals surface area contributed by atoms with Gasteiger partial charge in [0, 0.05) is 13.2 Å². The molecular weight excluding hydrogens is 106 g/mol. The van der Waals surface area contributed by atoms with E-state index < -0.39 is 0 Å². The van der Waals surface area contributed by atoms with Gasteiger partial charge in [-0.05, 0) is 5.92 Å². The predicted molar refractivity (Wildman–Crippen MR) is 30.3 cm³/mol. The molecular formula is C5H11NO2. The van der Waals surface area contributed by atoms with Crippen molar-refractivity contribution in [2.45, 2.75) is 6.92 Å². The number of carbonyl (C=O) groups excluding carboxylic acids is 1. The van der Waals surface area contributed by atoms with Gasteiger partial charge in [-0.25, -0.2) is 0 Å². The zero-order chi connectivity index (χ0) is 6.41. The van der Waals surface area contributed by atoms with Gasteiger partial charge in [0.1, 0.15) is 0 Å². The standard InChI is InChI=1S/C5H11NO2/c1-5(3-7)2-6-4-8/h4-5,7H,2-3H2,1H3,(H,6,8)/t5-/m1/s1. The van der Waals surface area contributed by atoms with Crippen LogP contribution in [-0.4, -0.2) is 24.7 Å². The Morgan fingerprint density at radius 2 is 2.50 bits per heavy atom. The van der Waals surface area contributed by atoms with Crippen molar-refractivity contribution < 1.29 is 9.90 Å². The zero-order valence-corrected chi connectivity index (χ0v) is 4.92. The van der Waals surface area contributed by atoms with Crippen molar-refractivity contribution in [2.24, 2.45) is 5.92 Å². The summed E-state index contributed by atoms with van der Waals surface area (Å²) in [6.07, 6.45) is 0.631. The molecule has 48 valence electrons. The first kappa shape index (κ1) is 7.43. The number of rotatable bonds is 4. The Bertz CT molecular complexity index is 65.4. The lowest BCUT2D eigenvalue weighted by molar-refractivity contribution is -0.109. The van der Waals surface area contributed by atoms with E-state index in [2.05, 4.69) is 5.32 Å². The maximum atomic E-state index is 9.63. The van der Waals surface area contributed by atoms with Crippen LogP contribution in [0.4, 0.5) is 0 Å². The third kappa shape index (κ3) is 3.61. The van der Waals surface area contributed by atoms with Gasteiger partial charge in [0.05, 0.1) is 0 Å². The second-order valence-corrected chi connectivity index (χ2v) is 1.81. The summed E-state index contributed by atoms with van der Waals surface area (Å²) in [7, 11) is 0. The Hall–Kier alpha value is -0.570. The van der Waals surface area contributed by atoms with Crippen LogP contribution in [-0.2, 0) is 4.79 Å². The molecule has 3 heteroatoms. The summed E-state index contributed by atoms with van der Waals surface area (Å²) < 4.78 is 0. The Labute approximate surface area is 48.7 Å². The number of aliphatic hydroxyl groups is 1. The summed E-state index contributed by atoms with van der Waals surface area (Å²) in [6.45, 7) is 2.54. The molecule has 8 heavy (non-hydrogen) atoms. The normalized spacial score (nSPS) is 12.8. The SMILES string of the molecule is C[C@@H](CO)CNC=O. The summed E-state index contributed by atoms with van der Waals surface area (Å²) in [5.74, 6) is 0.167. The Kier molecular flexibility index (Phi) is 4.26. The molecule has 0 saturated heterocycles. The maximum absolute atomic E-state index is 9.63. The molecule has 0 bridgehead atoms. The average Bonchev–Trinajstić information content (AvgIpc) is 1.83. The first-order valence-electron chi connectivity index (χ1n) is 2.59. The quantitative estimate of drug-likeness (QED) is 0.481. The van der Waals surface area contributed by atoms with E-state index in [9.17, 15) is 4.79 Å². The maximum Gasteiger partial charge on any atom is 0.207 e. The van der Waals surface area contributed by atoms with E-state index in [4.69, 9.17) is 5.11 Å². The lowest BCUT2D eigenvalue weighted by atomic mass is 10.2. The number of nitrogens with one attached hydrogen (secondary N) is 1. The average molecular weight is 117 g/mol. The fourth-order valence-electron chi connectivity index (χ4n) is 0.314.